The Morgan fingerprint density at radius 2 is 1.65 bits per heavy atom. The minimum absolute atomic E-state index is 0.0584. The lowest BCUT2D eigenvalue weighted by molar-refractivity contribution is -0.117. The number of aryl methyl sites for hydroxylation is 1. The van der Waals surface area contributed by atoms with Crippen molar-refractivity contribution in [2.45, 2.75) is 18.4 Å². The standard InChI is InChI=1S/C24H20N2O4S/c1-18-7-13-23(14-8-18)31(28,29)30-22-11-9-19(10-12-22)15-21(16-25)24(27)26-17-20-5-3-2-4-6-20/h2-15H,17H2,1H3,(H,26,27)/b21-15+. The summed E-state index contributed by atoms with van der Waals surface area (Å²) >= 11 is 0. The highest BCUT2D eigenvalue weighted by Gasteiger charge is 2.16. The fourth-order valence-electron chi connectivity index (χ4n) is 2.69. The molecular formula is C24H20N2O4S. The molecule has 0 saturated heterocycles. The molecule has 0 aliphatic rings. The lowest BCUT2D eigenvalue weighted by atomic mass is 10.1. The van der Waals surface area contributed by atoms with Crippen molar-refractivity contribution in [2.24, 2.45) is 0 Å². The fraction of sp³-hybridized carbons (Fsp3) is 0.0833. The Bertz CT molecular complexity index is 1230. The van der Waals surface area contributed by atoms with Crippen molar-refractivity contribution in [3.63, 3.8) is 0 Å². The summed E-state index contributed by atoms with van der Waals surface area (Å²) in [4.78, 5) is 12.3. The summed E-state index contributed by atoms with van der Waals surface area (Å²) in [7, 11) is -3.95. The van der Waals surface area contributed by atoms with Crippen LogP contribution in [0, 0.1) is 18.3 Å². The molecule has 1 N–H and O–H groups in total. The first-order valence-corrected chi connectivity index (χ1v) is 10.8. The van der Waals surface area contributed by atoms with Gasteiger partial charge in [0.05, 0.1) is 0 Å². The SMILES string of the molecule is Cc1ccc(S(=O)(=O)Oc2ccc(/C=C(\C#N)C(=O)NCc3ccccc3)cc2)cc1. The molecule has 0 spiro atoms. The molecule has 0 aliphatic heterocycles. The summed E-state index contributed by atoms with van der Waals surface area (Å²) < 4.78 is 29.9. The van der Waals surface area contributed by atoms with Crippen molar-refractivity contribution in [2.75, 3.05) is 0 Å². The third kappa shape index (κ3) is 6.04. The largest absolute Gasteiger partial charge is 0.379 e. The highest BCUT2D eigenvalue weighted by Crippen LogP contribution is 2.20. The molecule has 6 nitrogen and oxygen atoms in total. The quantitative estimate of drug-likeness (QED) is 0.346. The predicted octanol–water partition coefficient (Wildman–Crippen LogP) is 3.99. The average molecular weight is 433 g/mol. The molecule has 0 bridgehead atoms. The van der Waals surface area contributed by atoms with E-state index in [9.17, 15) is 18.5 Å². The minimum Gasteiger partial charge on any atom is -0.379 e. The Kier molecular flexibility index (Phi) is 6.85. The Labute approximate surface area is 181 Å². The molecule has 156 valence electrons. The summed E-state index contributed by atoms with van der Waals surface area (Å²) in [5.41, 5.74) is 2.36. The van der Waals surface area contributed by atoms with Gasteiger partial charge in [0, 0.05) is 6.54 Å². The highest BCUT2D eigenvalue weighted by molar-refractivity contribution is 7.87. The second-order valence-corrected chi connectivity index (χ2v) is 8.30. The molecule has 3 aromatic carbocycles. The van der Waals surface area contributed by atoms with Gasteiger partial charge in [-0.25, -0.2) is 0 Å². The zero-order valence-electron chi connectivity index (χ0n) is 16.8. The minimum atomic E-state index is -3.95. The molecule has 0 saturated carbocycles. The number of carbonyl (C=O) groups is 1. The van der Waals surface area contributed by atoms with Gasteiger partial charge in [-0.3, -0.25) is 4.79 Å². The van der Waals surface area contributed by atoms with Crippen molar-refractivity contribution in [1.82, 2.24) is 5.32 Å². The molecule has 31 heavy (non-hydrogen) atoms. The maximum Gasteiger partial charge on any atom is 0.339 e. The number of hydrogen-bond acceptors (Lipinski definition) is 5. The highest BCUT2D eigenvalue weighted by atomic mass is 32.2. The fourth-order valence-corrected chi connectivity index (χ4v) is 3.62. The second kappa shape index (κ2) is 9.74. The van der Waals surface area contributed by atoms with Gasteiger partial charge in [-0.05, 0) is 48.4 Å². The molecular weight excluding hydrogens is 412 g/mol. The zero-order chi connectivity index (χ0) is 22.3. The number of carbonyl (C=O) groups excluding carboxylic acids is 1. The van der Waals surface area contributed by atoms with Crippen LogP contribution in [-0.4, -0.2) is 14.3 Å². The van der Waals surface area contributed by atoms with Crippen LogP contribution in [-0.2, 0) is 21.5 Å². The lowest BCUT2D eigenvalue weighted by Gasteiger charge is -2.08. The zero-order valence-corrected chi connectivity index (χ0v) is 17.6. The van der Waals surface area contributed by atoms with Gasteiger partial charge in [0.1, 0.15) is 22.3 Å². The van der Waals surface area contributed by atoms with Crippen molar-refractivity contribution in [1.29, 1.82) is 5.26 Å². The van der Waals surface area contributed by atoms with Crippen LogP contribution < -0.4 is 9.50 Å². The van der Waals surface area contributed by atoms with E-state index >= 15 is 0 Å². The summed E-state index contributed by atoms with van der Waals surface area (Å²) in [6, 6.07) is 23.7. The first-order chi connectivity index (χ1) is 14.9. The summed E-state index contributed by atoms with van der Waals surface area (Å²) in [6.45, 7) is 2.17. The van der Waals surface area contributed by atoms with Gasteiger partial charge >= 0.3 is 10.1 Å². The second-order valence-electron chi connectivity index (χ2n) is 6.76. The maximum absolute atomic E-state index is 12.4. The molecule has 3 aromatic rings. The van der Waals surface area contributed by atoms with Crippen LogP contribution in [0.5, 0.6) is 5.75 Å². The topological polar surface area (TPSA) is 96.3 Å². The van der Waals surface area contributed by atoms with Crippen LogP contribution in [0.15, 0.2) is 89.3 Å². The van der Waals surface area contributed by atoms with Crippen molar-refractivity contribution >= 4 is 22.1 Å². The Morgan fingerprint density at radius 1 is 1.00 bits per heavy atom. The number of rotatable bonds is 7. The predicted molar refractivity (Wildman–Crippen MR) is 117 cm³/mol. The third-order valence-corrected chi connectivity index (χ3v) is 5.63. The van der Waals surface area contributed by atoms with Gasteiger partial charge in [-0.2, -0.15) is 13.7 Å². The van der Waals surface area contributed by atoms with Gasteiger partial charge in [0.15, 0.2) is 0 Å². The van der Waals surface area contributed by atoms with E-state index in [-0.39, 0.29) is 16.2 Å². The monoisotopic (exact) mass is 432 g/mol. The van der Waals surface area contributed by atoms with Gasteiger partial charge in [-0.15, -0.1) is 0 Å². The van der Waals surface area contributed by atoms with E-state index in [1.165, 1.54) is 30.3 Å². The van der Waals surface area contributed by atoms with Gasteiger partial charge < -0.3 is 9.50 Å². The number of nitriles is 1. The number of nitrogens with zero attached hydrogens (tertiary/aromatic N) is 1. The number of benzene rings is 3. The third-order valence-electron chi connectivity index (χ3n) is 4.37. The van der Waals surface area contributed by atoms with E-state index in [0.717, 1.165) is 11.1 Å². The smallest absolute Gasteiger partial charge is 0.339 e. The molecule has 0 atom stereocenters. The van der Waals surface area contributed by atoms with Crippen LogP contribution in [0.25, 0.3) is 6.08 Å². The average Bonchev–Trinajstić information content (AvgIpc) is 2.77. The number of nitrogens with one attached hydrogen (secondary N) is 1. The molecule has 0 aromatic heterocycles. The summed E-state index contributed by atoms with van der Waals surface area (Å²) in [6.07, 6.45) is 1.43. The van der Waals surface area contributed by atoms with Crippen LogP contribution in [0.4, 0.5) is 0 Å². The molecule has 7 heteroatoms. The van der Waals surface area contributed by atoms with Crippen LogP contribution >= 0.6 is 0 Å². The van der Waals surface area contributed by atoms with Gasteiger partial charge in [-0.1, -0.05) is 60.2 Å². The number of amides is 1. The van der Waals surface area contributed by atoms with Crippen LogP contribution in [0.1, 0.15) is 16.7 Å². The van der Waals surface area contributed by atoms with E-state index in [2.05, 4.69) is 5.32 Å². The van der Waals surface area contributed by atoms with E-state index < -0.39 is 16.0 Å². The van der Waals surface area contributed by atoms with E-state index in [1.807, 2.05) is 43.3 Å². The molecule has 0 fully saturated rings. The first kappa shape index (κ1) is 21.8. The Balaban J connectivity index is 1.68. The maximum atomic E-state index is 12.4. The molecule has 0 unspecified atom stereocenters. The Morgan fingerprint density at radius 3 is 2.26 bits per heavy atom. The van der Waals surface area contributed by atoms with Crippen LogP contribution in [0.3, 0.4) is 0 Å². The normalized spacial score (nSPS) is 11.4. The van der Waals surface area contributed by atoms with E-state index in [1.54, 1.807) is 24.3 Å². The summed E-state index contributed by atoms with van der Waals surface area (Å²) in [5.74, 6) is -0.363. The molecule has 3 rings (SSSR count). The first-order valence-electron chi connectivity index (χ1n) is 9.42. The lowest BCUT2D eigenvalue weighted by Crippen LogP contribution is -2.23. The van der Waals surface area contributed by atoms with Gasteiger partial charge in [0.25, 0.3) is 5.91 Å². The van der Waals surface area contributed by atoms with E-state index in [4.69, 9.17) is 4.18 Å². The van der Waals surface area contributed by atoms with E-state index in [0.29, 0.717) is 12.1 Å². The van der Waals surface area contributed by atoms with Gasteiger partial charge in [0.2, 0.25) is 0 Å². The van der Waals surface area contributed by atoms with Crippen molar-refractivity contribution in [3.8, 4) is 11.8 Å². The molecule has 0 heterocycles. The van der Waals surface area contributed by atoms with Crippen molar-refractivity contribution in [3.05, 3.63) is 101 Å². The summed E-state index contributed by atoms with van der Waals surface area (Å²) in [5, 5.41) is 12.0. The Hall–Kier alpha value is -3.89. The molecule has 0 radical (unpaired) electrons. The number of hydrogen-bond donors (Lipinski definition) is 1. The van der Waals surface area contributed by atoms with Crippen molar-refractivity contribution < 1.29 is 17.4 Å². The van der Waals surface area contributed by atoms with Crippen LogP contribution in [0.2, 0.25) is 0 Å². The molecule has 0 aliphatic carbocycles. The molecule has 1 amide bonds.